The van der Waals surface area contributed by atoms with Gasteiger partial charge in [-0.05, 0) is 23.8 Å². The van der Waals surface area contributed by atoms with Gasteiger partial charge in [0.15, 0.2) is 0 Å². The molecule has 2 aromatic rings. The molecular formula is C14H11Cl3N2O. The molecule has 0 fully saturated rings. The van der Waals surface area contributed by atoms with Crippen molar-refractivity contribution < 1.29 is 4.79 Å². The topological polar surface area (TPSA) is 42.0 Å². The molecule has 0 saturated heterocycles. The Morgan fingerprint density at radius 3 is 2.55 bits per heavy atom. The number of amides is 1. The maximum atomic E-state index is 12.0. The third-order valence-electron chi connectivity index (χ3n) is 2.69. The van der Waals surface area contributed by atoms with Crippen molar-refractivity contribution in [2.75, 3.05) is 0 Å². The van der Waals surface area contributed by atoms with Crippen LogP contribution in [0.15, 0.2) is 42.7 Å². The zero-order valence-corrected chi connectivity index (χ0v) is 12.6. The molecule has 3 nitrogen and oxygen atoms in total. The van der Waals surface area contributed by atoms with Gasteiger partial charge in [0.1, 0.15) is 5.38 Å². The SMILES string of the molecule is O=C(NCc1ccc(Cl)cc1)C(Cl)c1ccncc1Cl. The fraction of sp³-hybridized carbons (Fsp3) is 0.143. The molecule has 20 heavy (non-hydrogen) atoms. The molecule has 1 aromatic carbocycles. The van der Waals surface area contributed by atoms with Crippen molar-refractivity contribution in [3.05, 3.63) is 63.9 Å². The first kappa shape index (κ1) is 15.1. The molecular weight excluding hydrogens is 319 g/mol. The molecule has 0 bridgehead atoms. The normalized spacial score (nSPS) is 11.9. The first-order valence-electron chi connectivity index (χ1n) is 5.83. The molecule has 0 aliphatic carbocycles. The second-order valence-electron chi connectivity index (χ2n) is 4.10. The molecule has 1 atom stereocenters. The summed E-state index contributed by atoms with van der Waals surface area (Å²) in [6.07, 6.45) is 3.00. The van der Waals surface area contributed by atoms with Gasteiger partial charge in [0.25, 0.3) is 0 Å². The van der Waals surface area contributed by atoms with Crippen molar-refractivity contribution in [2.45, 2.75) is 11.9 Å². The van der Waals surface area contributed by atoms with E-state index in [2.05, 4.69) is 10.3 Å². The number of aromatic nitrogens is 1. The van der Waals surface area contributed by atoms with Crippen LogP contribution in [-0.4, -0.2) is 10.9 Å². The van der Waals surface area contributed by atoms with Crippen LogP contribution in [0.1, 0.15) is 16.5 Å². The Hall–Kier alpha value is -1.29. The number of benzene rings is 1. The largest absolute Gasteiger partial charge is 0.350 e. The fourth-order valence-electron chi connectivity index (χ4n) is 1.61. The van der Waals surface area contributed by atoms with Gasteiger partial charge in [-0.1, -0.05) is 35.3 Å². The van der Waals surface area contributed by atoms with Crippen LogP contribution in [-0.2, 0) is 11.3 Å². The predicted octanol–water partition coefficient (Wildman–Crippen LogP) is 3.98. The van der Waals surface area contributed by atoms with E-state index in [0.717, 1.165) is 5.56 Å². The van der Waals surface area contributed by atoms with E-state index in [0.29, 0.717) is 22.2 Å². The standard InChI is InChI=1S/C14H11Cl3N2O/c15-10-3-1-9(2-4-10)7-19-14(20)13(17)11-5-6-18-8-12(11)16/h1-6,8,13H,7H2,(H,19,20). The second kappa shape index (κ2) is 6.93. The van der Waals surface area contributed by atoms with Crippen molar-refractivity contribution in [3.63, 3.8) is 0 Å². The number of halogens is 3. The number of alkyl halides is 1. The van der Waals surface area contributed by atoms with E-state index in [1.165, 1.54) is 6.20 Å². The van der Waals surface area contributed by atoms with Gasteiger partial charge in [-0.25, -0.2) is 0 Å². The van der Waals surface area contributed by atoms with Crippen LogP contribution in [0.2, 0.25) is 10.0 Å². The molecule has 1 heterocycles. The van der Waals surface area contributed by atoms with Crippen molar-refractivity contribution in [2.24, 2.45) is 0 Å². The molecule has 0 radical (unpaired) electrons. The zero-order valence-electron chi connectivity index (χ0n) is 10.3. The van der Waals surface area contributed by atoms with E-state index in [-0.39, 0.29) is 5.91 Å². The minimum absolute atomic E-state index is 0.310. The van der Waals surface area contributed by atoms with Gasteiger partial charge in [0.2, 0.25) is 5.91 Å². The van der Waals surface area contributed by atoms with Gasteiger partial charge < -0.3 is 5.32 Å². The Morgan fingerprint density at radius 1 is 1.20 bits per heavy atom. The van der Waals surface area contributed by atoms with E-state index in [4.69, 9.17) is 34.8 Å². The molecule has 0 aliphatic rings. The Balaban J connectivity index is 1.98. The number of pyridine rings is 1. The highest BCUT2D eigenvalue weighted by Gasteiger charge is 2.19. The lowest BCUT2D eigenvalue weighted by molar-refractivity contribution is -0.121. The lowest BCUT2D eigenvalue weighted by atomic mass is 10.1. The van der Waals surface area contributed by atoms with E-state index >= 15 is 0 Å². The predicted molar refractivity (Wildman–Crippen MR) is 81.1 cm³/mol. The van der Waals surface area contributed by atoms with E-state index in [9.17, 15) is 4.79 Å². The summed E-state index contributed by atoms with van der Waals surface area (Å²) in [5.74, 6) is -0.310. The number of carbonyl (C=O) groups is 1. The maximum Gasteiger partial charge on any atom is 0.242 e. The molecule has 1 N–H and O–H groups in total. The summed E-state index contributed by atoms with van der Waals surface area (Å²) in [7, 11) is 0. The summed E-state index contributed by atoms with van der Waals surface area (Å²) < 4.78 is 0. The molecule has 1 aromatic heterocycles. The summed E-state index contributed by atoms with van der Waals surface area (Å²) in [4.78, 5) is 15.8. The third-order valence-corrected chi connectivity index (χ3v) is 3.69. The quantitative estimate of drug-likeness (QED) is 0.862. The van der Waals surface area contributed by atoms with Crippen LogP contribution in [0, 0.1) is 0 Å². The van der Waals surface area contributed by atoms with Crippen LogP contribution in [0.5, 0.6) is 0 Å². The minimum Gasteiger partial charge on any atom is -0.350 e. The van der Waals surface area contributed by atoms with Crippen molar-refractivity contribution in [1.29, 1.82) is 0 Å². The monoisotopic (exact) mass is 328 g/mol. The highest BCUT2D eigenvalue weighted by molar-refractivity contribution is 6.35. The number of carbonyl (C=O) groups excluding carboxylic acids is 1. The number of rotatable bonds is 4. The fourth-order valence-corrected chi connectivity index (χ4v) is 2.29. The number of hydrogen-bond acceptors (Lipinski definition) is 2. The lowest BCUT2D eigenvalue weighted by Crippen LogP contribution is -2.26. The van der Waals surface area contributed by atoms with Crippen LogP contribution in [0.3, 0.4) is 0 Å². The summed E-state index contributed by atoms with van der Waals surface area (Å²) in [5.41, 5.74) is 1.48. The van der Waals surface area contributed by atoms with Gasteiger partial charge in [0, 0.05) is 29.5 Å². The first-order chi connectivity index (χ1) is 9.58. The molecule has 1 amide bonds. The highest BCUT2D eigenvalue weighted by Crippen LogP contribution is 2.26. The number of nitrogens with zero attached hydrogens (tertiary/aromatic N) is 1. The van der Waals surface area contributed by atoms with Gasteiger partial charge in [-0.3, -0.25) is 9.78 Å². The third kappa shape index (κ3) is 3.85. The molecule has 0 aliphatic heterocycles. The molecule has 1 unspecified atom stereocenters. The van der Waals surface area contributed by atoms with Gasteiger partial charge >= 0.3 is 0 Å². The Kier molecular flexibility index (Phi) is 5.24. The van der Waals surface area contributed by atoms with E-state index in [1.54, 1.807) is 24.4 Å². The first-order valence-corrected chi connectivity index (χ1v) is 7.03. The summed E-state index contributed by atoms with van der Waals surface area (Å²) >= 11 is 17.9. The van der Waals surface area contributed by atoms with Gasteiger partial charge in [-0.15, -0.1) is 11.6 Å². The van der Waals surface area contributed by atoms with Crippen LogP contribution in [0.25, 0.3) is 0 Å². The van der Waals surface area contributed by atoms with E-state index < -0.39 is 5.38 Å². The van der Waals surface area contributed by atoms with Crippen molar-refractivity contribution in [1.82, 2.24) is 10.3 Å². The van der Waals surface area contributed by atoms with Crippen LogP contribution >= 0.6 is 34.8 Å². The highest BCUT2D eigenvalue weighted by atomic mass is 35.5. The van der Waals surface area contributed by atoms with Gasteiger partial charge in [0.05, 0.1) is 5.02 Å². The van der Waals surface area contributed by atoms with Crippen LogP contribution < -0.4 is 5.32 Å². The van der Waals surface area contributed by atoms with E-state index in [1.807, 2.05) is 12.1 Å². The van der Waals surface area contributed by atoms with Crippen molar-refractivity contribution >= 4 is 40.7 Å². The van der Waals surface area contributed by atoms with Crippen LogP contribution in [0.4, 0.5) is 0 Å². The lowest BCUT2D eigenvalue weighted by Gasteiger charge is -2.12. The molecule has 104 valence electrons. The molecule has 0 spiro atoms. The Morgan fingerprint density at radius 2 is 1.90 bits per heavy atom. The Bertz CT molecular complexity index is 602. The smallest absolute Gasteiger partial charge is 0.242 e. The van der Waals surface area contributed by atoms with Gasteiger partial charge in [-0.2, -0.15) is 0 Å². The maximum absolute atomic E-state index is 12.0. The zero-order chi connectivity index (χ0) is 14.5. The summed E-state index contributed by atoms with van der Waals surface area (Å²) in [6, 6.07) is 8.83. The molecule has 2 rings (SSSR count). The molecule has 0 saturated carbocycles. The average molecular weight is 330 g/mol. The minimum atomic E-state index is -0.849. The number of hydrogen-bond donors (Lipinski definition) is 1. The number of nitrogens with one attached hydrogen (secondary N) is 1. The summed E-state index contributed by atoms with van der Waals surface area (Å²) in [6.45, 7) is 0.377. The summed E-state index contributed by atoms with van der Waals surface area (Å²) in [5, 5.41) is 2.92. The molecule has 6 heteroatoms. The van der Waals surface area contributed by atoms with Crippen molar-refractivity contribution in [3.8, 4) is 0 Å². The average Bonchev–Trinajstić information content (AvgIpc) is 2.46. The second-order valence-corrected chi connectivity index (χ2v) is 5.38. The Labute approximate surface area is 131 Å².